The fraction of sp³-hybridized carbons (Fsp3) is 0.405. The lowest BCUT2D eigenvalue weighted by Gasteiger charge is -2.25. The number of carboxylic acids is 1. The zero-order valence-corrected chi connectivity index (χ0v) is 27.1. The van der Waals surface area contributed by atoms with E-state index in [1.54, 1.807) is 72.8 Å². The Morgan fingerprint density at radius 3 is 2.09 bits per heavy atom. The first-order valence-corrected chi connectivity index (χ1v) is 16.5. The van der Waals surface area contributed by atoms with Crippen molar-refractivity contribution in [1.29, 1.82) is 0 Å². The molecule has 1 aliphatic rings. The van der Waals surface area contributed by atoms with Gasteiger partial charge in [0.25, 0.3) is 5.91 Å². The molecular weight excluding hydrogens is 598 g/mol. The lowest BCUT2D eigenvalue weighted by molar-refractivity contribution is -0.137. The van der Waals surface area contributed by atoms with Crippen LogP contribution < -0.4 is 14.8 Å². The molecule has 10 nitrogen and oxygen atoms in total. The molecular formula is C37H45N3O7. The number of esters is 1. The van der Waals surface area contributed by atoms with Crippen LogP contribution in [0.3, 0.4) is 0 Å². The number of hydrogen-bond donors (Lipinski definition) is 2. The third-order valence-corrected chi connectivity index (χ3v) is 7.96. The Balaban J connectivity index is 1.28. The number of amides is 2. The number of carbonyl (C=O) groups excluding carboxylic acids is 3. The number of benzene rings is 3. The van der Waals surface area contributed by atoms with Crippen LogP contribution in [-0.4, -0.2) is 71.4 Å². The average Bonchev–Trinajstić information content (AvgIpc) is 3.07. The maximum atomic E-state index is 13.3. The van der Waals surface area contributed by atoms with Crippen LogP contribution in [0.5, 0.6) is 11.5 Å². The third-order valence-electron chi connectivity index (χ3n) is 7.96. The molecule has 1 heterocycles. The summed E-state index contributed by atoms with van der Waals surface area (Å²) in [6, 6.07) is 19.8. The van der Waals surface area contributed by atoms with Crippen LogP contribution in [0.1, 0.15) is 84.6 Å². The summed E-state index contributed by atoms with van der Waals surface area (Å²) in [5.74, 6) is -1.21. The van der Waals surface area contributed by atoms with Gasteiger partial charge in [-0.15, -0.1) is 0 Å². The van der Waals surface area contributed by atoms with Crippen molar-refractivity contribution in [2.45, 2.75) is 64.8 Å². The number of carbonyl (C=O) groups is 4. The molecule has 2 N–H and O–H groups in total. The number of ether oxygens (including phenoxy) is 2. The molecule has 0 saturated carbocycles. The van der Waals surface area contributed by atoms with E-state index in [0.717, 1.165) is 38.8 Å². The van der Waals surface area contributed by atoms with Crippen LogP contribution in [0.25, 0.3) is 0 Å². The summed E-state index contributed by atoms with van der Waals surface area (Å²) in [5.41, 5.74) is 1.91. The van der Waals surface area contributed by atoms with Gasteiger partial charge in [0.2, 0.25) is 5.91 Å². The highest BCUT2D eigenvalue weighted by atomic mass is 16.5. The minimum absolute atomic E-state index is 0.0355. The molecule has 4 rings (SSSR count). The topological polar surface area (TPSA) is 125 Å². The van der Waals surface area contributed by atoms with Gasteiger partial charge in [-0.05, 0) is 98.6 Å². The van der Waals surface area contributed by atoms with Crippen molar-refractivity contribution in [2.75, 3.05) is 38.1 Å². The van der Waals surface area contributed by atoms with E-state index >= 15 is 0 Å². The Labute approximate surface area is 276 Å². The lowest BCUT2D eigenvalue weighted by atomic mass is 10.1. The third kappa shape index (κ3) is 11.9. The molecule has 0 aliphatic carbocycles. The molecule has 47 heavy (non-hydrogen) atoms. The van der Waals surface area contributed by atoms with E-state index in [9.17, 15) is 24.3 Å². The molecule has 0 atom stereocenters. The molecule has 1 saturated heterocycles. The summed E-state index contributed by atoms with van der Waals surface area (Å²) in [6.45, 7) is 4.52. The second kappa shape index (κ2) is 18.4. The van der Waals surface area contributed by atoms with Gasteiger partial charge >= 0.3 is 11.9 Å². The van der Waals surface area contributed by atoms with Gasteiger partial charge < -0.3 is 24.8 Å². The smallest absolute Gasteiger partial charge is 0.343 e. The Morgan fingerprint density at radius 2 is 1.43 bits per heavy atom. The standard InChI is InChI=1S/C37H45N3O7/c1-2-3-4-5-9-24-46-32-20-14-30(15-21-32)37(45)47-33-18-10-28(11-19-33)25-40(27-35(42)43)36(44)29-12-16-31(17-13-29)38-34(41)26-39-22-7-6-8-23-39/h10-21H,2-9,22-27H2,1H3,(H,38,41)(H,42,43). The second-order valence-corrected chi connectivity index (χ2v) is 11.8. The molecule has 0 unspecified atom stereocenters. The Kier molecular flexibility index (Phi) is 13.8. The van der Waals surface area contributed by atoms with E-state index in [0.29, 0.717) is 47.0 Å². The van der Waals surface area contributed by atoms with Crippen molar-refractivity contribution in [1.82, 2.24) is 9.80 Å². The summed E-state index contributed by atoms with van der Waals surface area (Å²) in [6.07, 6.45) is 9.17. The van der Waals surface area contributed by atoms with Gasteiger partial charge in [-0.25, -0.2) is 4.79 Å². The quantitative estimate of drug-likeness (QED) is 0.0983. The van der Waals surface area contributed by atoms with Gasteiger partial charge in [0.1, 0.15) is 18.0 Å². The predicted molar refractivity (Wildman–Crippen MR) is 180 cm³/mol. The number of unbranched alkanes of at least 4 members (excludes halogenated alkanes) is 4. The Morgan fingerprint density at radius 1 is 0.787 bits per heavy atom. The largest absolute Gasteiger partial charge is 0.494 e. The van der Waals surface area contributed by atoms with Crippen LogP contribution in [0, 0.1) is 0 Å². The van der Waals surface area contributed by atoms with Crippen LogP contribution in [-0.2, 0) is 16.1 Å². The summed E-state index contributed by atoms with van der Waals surface area (Å²) in [5, 5.41) is 12.3. The molecule has 0 bridgehead atoms. The monoisotopic (exact) mass is 643 g/mol. The Hall–Kier alpha value is -4.70. The SMILES string of the molecule is CCCCCCCOc1ccc(C(=O)Oc2ccc(CN(CC(=O)O)C(=O)c3ccc(NC(=O)CN4CCCCC4)cc3)cc2)cc1. The number of rotatable bonds is 17. The molecule has 250 valence electrons. The predicted octanol–water partition coefficient (Wildman–Crippen LogP) is 6.41. The average molecular weight is 644 g/mol. The first kappa shape index (κ1) is 35.2. The number of piperidine rings is 1. The highest BCUT2D eigenvalue weighted by Gasteiger charge is 2.20. The van der Waals surface area contributed by atoms with Crippen LogP contribution in [0.4, 0.5) is 5.69 Å². The van der Waals surface area contributed by atoms with E-state index in [-0.39, 0.29) is 12.5 Å². The number of anilines is 1. The number of nitrogens with zero attached hydrogens (tertiary/aromatic N) is 2. The first-order chi connectivity index (χ1) is 22.8. The van der Waals surface area contributed by atoms with Crippen molar-refractivity contribution >= 4 is 29.4 Å². The summed E-state index contributed by atoms with van der Waals surface area (Å²) in [4.78, 5) is 53.3. The van der Waals surface area contributed by atoms with Crippen molar-refractivity contribution in [3.05, 3.63) is 89.5 Å². The molecule has 2 amide bonds. The van der Waals surface area contributed by atoms with Gasteiger partial charge in [-0.1, -0.05) is 51.2 Å². The fourth-order valence-electron chi connectivity index (χ4n) is 5.39. The lowest BCUT2D eigenvalue weighted by Crippen LogP contribution is -2.36. The molecule has 0 radical (unpaired) electrons. The van der Waals surface area contributed by atoms with Crippen LogP contribution >= 0.6 is 0 Å². The van der Waals surface area contributed by atoms with E-state index in [2.05, 4.69) is 17.1 Å². The Bertz CT molecular complexity index is 1450. The van der Waals surface area contributed by atoms with Crippen molar-refractivity contribution in [3.8, 4) is 11.5 Å². The van der Waals surface area contributed by atoms with E-state index in [1.807, 2.05) is 0 Å². The molecule has 10 heteroatoms. The number of nitrogens with one attached hydrogen (secondary N) is 1. The molecule has 0 spiro atoms. The minimum atomic E-state index is -1.14. The minimum Gasteiger partial charge on any atom is -0.494 e. The van der Waals surface area contributed by atoms with E-state index in [4.69, 9.17) is 9.47 Å². The van der Waals surface area contributed by atoms with Gasteiger partial charge in [0, 0.05) is 17.8 Å². The fourth-order valence-corrected chi connectivity index (χ4v) is 5.39. The van der Waals surface area contributed by atoms with Crippen molar-refractivity contribution in [2.24, 2.45) is 0 Å². The maximum Gasteiger partial charge on any atom is 0.343 e. The van der Waals surface area contributed by atoms with Gasteiger partial charge in [0.15, 0.2) is 0 Å². The van der Waals surface area contributed by atoms with Crippen LogP contribution in [0.15, 0.2) is 72.8 Å². The van der Waals surface area contributed by atoms with E-state index in [1.165, 1.54) is 30.6 Å². The van der Waals surface area contributed by atoms with Crippen molar-refractivity contribution in [3.63, 3.8) is 0 Å². The van der Waals surface area contributed by atoms with Gasteiger partial charge in [-0.3, -0.25) is 19.3 Å². The number of likely N-dealkylation sites (tertiary alicyclic amines) is 1. The summed E-state index contributed by atoms with van der Waals surface area (Å²) >= 11 is 0. The van der Waals surface area contributed by atoms with Crippen LogP contribution in [0.2, 0.25) is 0 Å². The molecule has 0 aromatic heterocycles. The van der Waals surface area contributed by atoms with E-state index < -0.39 is 24.4 Å². The highest BCUT2D eigenvalue weighted by Crippen LogP contribution is 2.20. The normalized spacial score (nSPS) is 13.0. The summed E-state index contributed by atoms with van der Waals surface area (Å²) in [7, 11) is 0. The number of hydrogen-bond acceptors (Lipinski definition) is 7. The van der Waals surface area contributed by atoms with Crippen molar-refractivity contribution < 1.29 is 33.8 Å². The molecule has 3 aromatic rings. The highest BCUT2D eigenvalue weighted by molar-refractivity contribution is 5.97. The maximum absolute atomic E-state index is 13.3. The zero-order chi connectivity index (χ0) is 33.4. The summed E-state index contributed by atoms with van der Waals surface area (Å²) < 4.78 is 11.3. The number of aliphatic carboxylic acids is 1. The number of carboxylic acid groups (broad SMARTS) is 1. The van der Waals surface area contributed by atoms with Gasteiger partial charge in [-0.2, -0.15) is 0 Å². The first-order valence-electron chi connectivity index (χ1n) is 16.5. The molecule has 3 aromatic carbocycles. The second-order valence-electron chi connectivity index (χ2n) is 11.8. The molecule has 1 aliphatic heterocycles. The van der Waals surface area contributed by atoms with Gasteiger partial charge in [0.05, 0.1) is 18.7 Å². The zero-order valence-electron chi connectivity index (χ0n) is 27.1. The molecule has 1 fully saturated rings.